The average Bonchev–Trinajstić information content (AvgIpc) is 2.71. The van der Waals surface area contributed by atoms with Crippen molar-refractivity contribution < 1.29 is 4.79 Å². The van der Waals surface area contributed by atoms with Gasteiger partial charge in [0.15, 0.2) is 0 Å². The molecule has 1 aliphatic heterocycles. The number of carbonyl (C=O) groups excluding carboxylic acids is 1. The van der Waals surface area contributed by atoms with Gasteiger partial charge in [-0.1, -0.05) is 51.5 Å². The number of rotatable bonds is 9. The molecule has 0 bridgehead atoms. The summed E-state index contributed by atoms with van der Waals surface area (Å²) in [6, 6.07) is 5.60. The molecule has 0 radical (unpaired) electrons. The summed E-state index contributed by atoms with van der Waals surface area (Å²) in [7, 11) is 0. The predicted octanol–water partition coefficient (Wildman–Crippen LogP) is 5.13. The normalized spacial score (nSPS) is 16.7. The lowest BCUT2D eigenvalue weighted by atomic mass is 9.99. The van der Waals surface area contributed by atoms with Gasteiger partial charge in [-0.05, 0) is 44.2 Å². The second kappa shape index (κ2) is 9.88. The molecule has 0 saturated carbocycles. The third-order valence-corrected chi connectivity index (χ3v) is 5.95. The molecule has 5 heteroatoms. The van der Waals surface area contributed by atoms with Crippen LogP contribution in [0.3, 0.4) is 0 Å². The van der Waals surface area contributed by atoms with Crippen molar-refractivity contribution in [3.8, 4) is 0 Å². The maximum atomic E-state index is 13.5. The lowest BCUT2D eigenvalue weighted by molar-refractivity contribution is -0.119. The molecule has 160 valence electrons. The van der Waals surface area contributed by atoms with Crippen LogP contribution < -0.4 is 10.9 Å². The van der Waals surface area contributed by atoms with Crippen LogP contribution in [0.4, 0.5) is 0 Å². The summed E-state index contributed by atoms with van der Waals surface area (Å²) in [5, 5.41) is 3.82. The van der Waals surface area contributed by atoms with Crippen molar-refractivity contribution in [1.29, 1.82) is 0 Å². The number of Topliss-reactive ketones (excluding diaryl/α,β-unsaturated/α-hetero) is 1. The van der Waals surface area contributed by atoms with E-state index in [-0.39, 0.29) is 17.4 Å². The average molecular weight is 408 g/mol. The standard InChI is InChI=1S/C25H33N3O2/c1-5-6-7-8-11-21(29)15-14-20-10-9-12-22-24(20)25(30)28(19(4)27-22)23-16-13-17(2)26-18(23)3/h9-10,12,23,26H,2-3,5-8,11,13-16H2,1,4H3. The van der Waals surface area contributed by atoms with Crippen molar-refractivity contribution in [2.24, 2.45) is 0 Å². The molecule has 2 heterocycles. The van der Waals surface area contributed by atoms with Crippen LogP contribution in [0.15, 0.2) is 47.5 Å². The largest absolute Gasteiger partial charge is 0.362 e. The highest BCUT2D eigenvalue weighted by molar-refractivity contribution is 5.83. The second-order valence-electron chi connectivity index (χ2n) is 8.30. The Labute approximate surface area is 178 Å². The topological polar surface area (TPSA) is 64.0 Å². The van der Waals surface area contributed by atoms with Crippen LogP contribution in [-0.4, -0.2) is 15.3 Å². The van der Waals surface area contributed by atoms with E-state index in [0.29, 0.717) is 36.0 Å². The number of aryl methyl sites for hydroxylation is 2. The van der Waals surface area contributed by atoms with E-state index < -0.39 is 0 Å². The van der Waals surface area contributed by atoms with Crippen LogP contribution in [-0.2, 0) is 11.2 Å². The fourth-order valence-electron chi connectivity index (χ4n) is 4.29. The van der Waals surface area contributed by atoms with Crippen LogP contribution in [0, 0.1) is 6.92 Å². The first-order valence-corrected chi connectivity index (χ1v) is 11.1. The fourth-order valence-corrected chi connectivity index (χ4v) is 4.29. The number of piperidine rings is 1. The molecule has 0 amide bonds. The molecule has 1 atom stereocenters. The van der Waals surface area contributed by atoms with E-state index >= 15 is 0 Å². The summed E-state index contributed by atoms with van der Waals surface area (Å²) >= 11 is 0. The van der Waals surface area contributed by atoms with Gasteiger partial charge in [-0.25, -0.2) is 4.98 Å². The van der Waals surface area contributed by atoms with Gasteiger partial charge in [-0.2, -0.15) is 0 Å². The van der Waals surface area contributed by atoms with Crippen LogP contribution in [0.1, 0.15) is 75.7 Å². The zero-order chi connectivity index (χ0) is 21.7. The van der Waals surface area contributed by atoms with Crippen LogP contribution in [0.2, 0.25) is 0 Å². The van der Waals surface area contributed by atoms with Crippen LogP contribution >= 0.6 is 0 Å². The third-order valence-electron chi connectivity index (χ3n) is 5.95. The van der Waals surface area contributed by atoms with Crippen molar-refractivity contribution >= 4 is 16.7 Å². The first-order valence-electron chi connectivity index (χ1n) is 11.1. The number of fused-ring (bicyclic) bond motifs is 1. The summed E-state index contributed by atoms with van der Waals surface area (Å²) in [6.45, 7) is 12.1. The Balaban J connectivity index is 1.86. The molecule has 1 aromatic carbocycles. The molecule has 2 aromatic rings. The molecule has 5 nitrogen and oxygen atoms in total. The minimum atomic E-state index is -0.145. The summed E-state index contributed by atoms with van der Waals surface area (Å²) in [5.74, 6) is 0.948. The van der Waals surface area contributed by atoms with E-state index in [1.807, 2.05) is 25.1 Å². The lowest BCUT2D eigenvalue weighted by Crippen LogP contribution is -2.35. The van der Waals surface area contributed by atoms with Gasteiger partial charge in [0.25, 0.3) is 5.56 Å². The molecule has 1 aromatic heterocycles. The second-order valence-corrected chi connectivity index (χ2v) is 8.30. The monoisotopic (exact) mass is 407 g/mol. The Morgan fingerprint density at radius 3 is 2.77 bits per heavy atom. The van der Waals surface area contributed by atoms with Crippen molar-refractivity contribution in [2.45, 2.75) is 77.7 Å². The molecular weight excluding hydrogens is 374 g/mol. The number of unbranched alkanes of at least 4 members (excludes halogenated alkanes) is 3. The molecule has 0 spiro atoms. The zero-order valence-electron chi connectivity index (χ0n) is 18.3. The van der Waals surface area contributed by atoms with Gasteiger partial charge in [0, 0.05) is 24.2 Å². The van der Waals surface area contributed by atoms with Gasteiger partial charge < -0.3 is 5.32 Å². The van der Waals surface area contributed by atoms with Crippen molar-refractivity contribution in [3.05, 3.63) is 64.5 Å². The molecule has 1 N–H and O–H groups in total. The SMILES string of the molecule is C=C1CCC(n2c(C)nc3cccc(CCC(=O)CCCCCC)c3c2=O)C(=C)N1. The van der Waals surface area contributed by atoms with E-state index in [0.717, 1.165) is 42.6 Å². The Hall–Kier alpha value is -2.69. The number of carbonyl (C=O) groups is 1. The van der Waals surface area contributed by atoms with E-state index in [9.17, 15) is 9.59 Å². The van der Waals surface area contributed by atoms with Gasteiger partial charge in [0.1, 0.15) is 11.6 Å². The summed E-state index contributed by atoms with van der Waals surface area (Å²) < 4.78 is 1.75. The third kappa shape index (κ3) is 4.89. The highest BCUT2D eigenvalue weighted by Gasteiger charge is 2.25. The predicted molar refractivity (Wildman–Crippen MR) is 123 cm³/mol. The summed E-state index contributed by atoms with van der Waals surface area (Å²) in [6.07, 6.45) is 7.65. The van der Waals surface area contributed by atoms with Gasteiger partial charge in [0.05, 0.1) is 16.9 Å². The Bertz CT molecular complexity index is 1020. The first kappa shape index (κ1) is 22.0. The van der Waals surface area contributed by atoms with Gasteiger partial charge >= 0.3 is 0 Å². The maximum absolute atomic E-state index is 13.5. The maximum Gasteiger partial charge on any atom is 0.262 e. The van der Waals surface area contributed by atoms with Crippen molar-refractivity contribution in [1.82, 2.24) is 14.9 Å². The summed E-state index contributed by atoms with van der Waals surface area (Å²) in [4.78, 5) is 30.6. The molecule has 3 rings (SSSR count). The Kier molecular flexibility index (Phi) is 7.24. The number of benzene rings is 1. The Morgan fingerprint density at radius 2 is 2.03 bits per heavy atom. The smallest absolute Gasteiger partial charge is 0.262 e. The van der Waals surface area contributed by atoms with Crippen LogP contribution in [0.25, 0.3) is 10.9 Å². The number of hydrogen-bond acceptors (Lipinski definition) is 4. The molecule has 0 aliphatic carbocycles. The van der Waals surface area contributed by atoms with E-state index in [4.69, 9.17) is 4.98 Å². The minimum absolute atomic E-state index is 0.0519. The highest BCUT2D eigenvalue weighted by atomic mass is 16.1. The Morgan fingerprint density at radius 1 is 1.23 bits per heavy atom. The number of aromatic nitrogens is 2. The highest BCUT2D eigenvalue weighted by Crippen LogP contribution is 2.28. The molecule has 1 unspecified atom stereocenters. The molecule has 1 saturated heterocycles. The fraction of sp³-hybridized carbons (Fsp3) is 0.480. The molecule has 1 aliphatic rings. The van der Waals surface area contributed by atoms with E-state index in [2.05, 4.69) is 25.4 Å². The number of ketones is 1. The molecule has 30 heavy (non-hydrogen) atoms. The number of nitrogens with one attached hydrogen (secondary N) is 1. The number of hydrogen-bond donors (Lipinski definition) is 1. The summed E-state index contributed by atoms with van der Waals surface area (Å²) in [5.41, 5.74) is 3.25. The number of nitrogens with zero attached hydrogens (tertiary/aromatic N) is 2. The van der Waals surface area contributed by atoms with Gasteiger partial charge in [-0.15, -0.1) is 0 Å². The molecular formula is C25H33N3O2. The van der Waals surface area contributed by atoms with Crippen LogP contribution in [0.5, 0.6) is 0 Å². The quantitative estimate of drug-likeness (QED) is 0.585. The molecule has 1 fully saturated rings. The van der Waals surface area contributed by atoms with Gasteiger partial charge in [-0.3, -0.25) is 14.2 Å². The zero-order valence-corrected chi connectivity index (χ0v) is 18.3. The van der Waals surface area contributed by atoms with Crippen molar-refractivity contribution in [3.63, 3.8) is 0 Å². The van der Waals surface area contributed by atoms with Gasteiger partial charge in [0.2, 0.25) is 0 Å². The first-order chi connectivity index (χ1) is 14.4. The lowest BCUT2D eigenvalue weighted by Gasteiger charge is -2.30. The van der Waals surface area contributed by atoms with Crippen molar-refractivity contribution in [2.75, 3.05) is 0 Å². The number of allylic oxidation sites excluding steroid dienone is 2. The van der Waals surface area contributed by atoms with E-state index in [1.165, 1.54) is 12.8 Å². The van der Waals surface area contributed by atoms with E-state index in [1.54, 1.807) is 4.57 Å². The minimum Gasteiger partial charge on any atom is -0.362 e.